The topological polar surface area (TPSA) is 29.5 Å². The zero-order chi connectivity index (χ0) is 13.7. The van der Waals surface area contributed by atoms with Gasteiger partial charge in [0, 0.05) is 7.11 Å². The summed E-state index contributed by atoms with van der Waals surface area (Å²) in [5, 5.41) is 10.8. The molecule has 0 bridgehead atoms. The standard InChI is InChI=1S/C17H32O2/c1-3-13-8-7-11-15(12-13)16(18)17(19-2)14-9-5-4-6-10-14/h13-18H,3-12H2,1-2H3. The Hall–Kier alpha value is -0.0800. The molecule has 19 heavy (non-hydrogen) atoms. The van der Waals surface area contributed by atoms with Crippen molar-refractivity contribution < 1.29 is 9.84 Å². The Bertz CT molecular complexity index is 248. The maximum Gasteiger partial charge on any atom is 0.0860 e. The van der Waals surface area contributed by atoms with Crippen molar-refractivity contribution in [2.45, 2.75) is 83.3 Å². The van der Waals surface area contributed by atoms with Crippen molar-refractivity contribution in [2.24, 2.45) is 17.8 Å². The second-order valence-electron chi connectivity index (χ2n) is 6.79. The quantitative estimate of drug-likeness (QED) is 0.811. The molecule has 112 valence electrons. The van der Waals surface area contributed by atoms with E-state index in [9.17, 15) is 5.11 Å². The van der Waals surface area contributed by atoms with Crippen LogP contribution in [0.15, 0.2) is 0 Å². The number of rotatable bonds is 5. The Morgan fingerprint density at radius 2 is 1.68 bits per heavy atom. The first-order valence-corrected chi connectivity index (χ1v) is 8.47. The number of methoxy groups -OCH3 is 1. The van der Waals surface area contributed by atoms with E-state index < -0.39 is 0 Å². The van der Waals surface area contributed by atoms with Gasteiger partial charge in [0.15, 0.2) is 0 Å². The Balaban J connectivity index is 1.92. The highest BCUT2D eigenvalue weighted by Crippen LogP contribution is 2.37. The molecule has 2 rings (SSSR count). The summed E-state index contributed by atoms with van der Waals surface area (Å²) < 4.78 is 5.72. The van der Waals surface area contributed by atoms with Gasteiger partial charge in [-0.05, 0) is 43.4 Å². The van der Waals surface area contributed by atoms with E-state index in [2.05, 4.69) is 6.92 Å². The van der Waals surface area contributed by atoms with E-state index in [1.54, 1.807) is 7.11 Å². The fourth-order valence-corrected chi connectivity index (χ4v) is 4.36. The second kappa shape index (κ2) is 7.64. The number of aliphatic hydroxyl groups is 1. The molecule has 0 aromatic carbocycles. The molecule has 0 spiro atoms. The molecule has 1 N–H and O–H groups in total. The van der Waals surface area contributed by atoms with Crippen LogP contribution in [0.5, 0.6) is 0 Å². The molecule has 2 aliphatic carbocycles. The van der Waals surface area contributed by atoms with Crippen LogP contribution >= 0.6 is 0 Å². The fourth-order valence-electron chi connectivity index (χ4n) is 4.36. The van der Waals surface area contributed by atoms with Gasteiger partial charge in [-0.1, -0.05) is 45.4 Å². The average molecular weight is 268 g/mol. The minimum Gasteiger partial charge on any atom is -0.390 e. The lowest BCUT2D eigenvalue weighted by Crippen LogP contribution is -2.42. The third kappa shape index (κ3) is 3.95. The molecule has 4 unspecified atom stereocenters. The summed E-state index contributed by atoms with van der Waals surface area (Å²) in [6.45, 7) is 2.29. The van der Waals surface area contributed by atoms with Crippen molar-refractivity contribution in [3.05, 3.63) is 0 Å². The van der Waals surface area contributed by atoms with Gasteiger partial charge in [-0.3, -0.25) is 0 Å². The molecule has 0 radical (unpaired) electrons. The van der Waals surface area contributed by atoms with E-state index in [0.29, 0.717) is 11.8 Å². The first-order chi connectivity index (χ1) is 9.26. The van der Waals surface area contributed by atoms with Gasteiger partial charge in [-0.2, -0.15) is 0 Å². The summed E-state index contributed by atoms with van der Waals surface area (Å²) in [5.74, 6) is 1.90. The maximum atomic E-state index is 10.8. The molecule has 2 fully saturated rings. The van der Waals surface area contributed by atoms with Crippen molar-refractivity contribution in [3.63, 3.8) is 0 Å². The van der Waals surface area contributed by atoms with Gasteiger partial charge in [0.25, 0.3) is 0 Å². The van der Waals surface area contributed by atoms with Crippen LogP contribution < -0.4 is 0 Å². The highest BCUT2D eigenvalue weighted by molar-refractivity contribution is 4.87. The van der Waals surface area contributed by atoms with Gasteiger partial charge in [0.1, 0.15) is 0 Å². The SMILES string of the molecule is CCC1CCCC(C(O)C(OC)C2CCCCC2)C1. The van der Waals surface area contributed by atoms with Gasteiger partial charge < -0.3 is 9.84 Å². The van der Waals surface area contributed by atoms with Gasteiger partial charge in [-0.25, -0.2) is 0 Å². The molecule has 2 saturated carbocycles. The number of hydrogen-bond donors (Lipinski definition) is 1. The summed E-state index contributed by atoms with van der Waals surface area (Å²) in [6.07, 6.45) is 12.7. The zero-order valence-electron chi connectivity index (χ0n) is 12.8. The molecule has 0 aliphatic heterocycles. The van der Waals surface area contributed by atoms with Crippen LogP contribution in [0.1, 0.15) is 71.1 Å². The van der Waals surface area contributed by atoms with E-state index in [1.165, 1.54) is 64.2 Å². The van der Waals surface area contributed by atoms with Gasteiger partial charge >= 0.3 is 0 Å². The van der Waals surface area contributed by atoms with Gasteiger partial charge in [-0.15, -0.1) is 0 Å². The Labute approximate surface area is 118 Å². The Kier molecular flexibility index (Phi) is 6.15. The second-order valence-corrected chi connectivity index (χ2v) is 6.79. The van der Waals surface area contributed by atoms with Crippen LogP contribution in [0.2, 0.25) is 0 Å². The fraction of sp³-hybridized carbons (Fsp3) is 1.00. The molecule has 0 aromatic heterocycles. The summed E-state index contributed by atoms with van der Waals surface area (Å²) >= 11 is 0. The van der Waals surface area contributed by atoms with Crippen LogP contribution in [-0.2, 0) is 4.74 Å². The summed E-state index contributed by atoms with van der Waals surface area (Å²) in [7, 11) is 1.79. The van der Waals surface area contributed by atoms with Gasteiger partial charge in [0.2, 0.25) is 0 Å². The minimum atomic E-state index is -0.234. The maximum absolute atomic E-state index is 10.8. The lowest BCUT2D eigenvalue weighted by Gasteiger charge is -2.39. The average Bonchev–Trinajstić information content (AvgIpc) is 2.49. The normalized spacial score (nSPS) is 33.0. The minimum absolute atomic E-state index is 0.0842. The van der Waals surface area contributed by atoms with Crippen LogP contribution in [-0.4, -0.2) is 24.4 Å². The van der Waals surface area contributed by atoms with Crippen LogP contribution in [0.4, 0.5) is 0 Å². The Morgan fingerprint density at radius 3 is 2.32 bits per heavy atom. The van der Waals surface area contributed by atoms with Crippen molar-refractivity contribution in [1.82, 2.24) is 0 Å². The third-order valence-electron chi connectivity index (χ3n) is 5.61. The van der Waals surface area contributed by atoms with Crippen LogP contribution in [0.25, 0.3) is 0 Å². The van der Waals surface area contributed by atoms with Crippen LogP contribution in [0.3, 0.4) is 0 Å². The first-order valence-electron chi connectivity index (χ1n) is 8.47. The smallest absolute Gasteiger partial charge is 0.0860 e. The van der Waals surface area contributed by atoms with E-state index in [1.807, 2.05) is 0 Å². The lowest BCUT2D eigenvalue weighted by molar-refractivity contribution is -0.0871. The molecule has 0 amide bonds. The predicted octanol–water partition coefficient (Wildman–Crippen LogP) is 4.16. The predicted molar refractivity (Wildman–Crippen MR) is 79.1 cm³/mol. The van der Waals surface area contributed by atoms with Crippen LogP contribution in [0, 0.1) is 17.8 Å². The molecule has 0 heterocycles. The van der Waals surface area contributed by atoms with Crippen molar-refractivity contribution >= 4 is 0 Å². The molecular formula is C17H32O2. The number of ether oxygens (including phenoxy) is 1. The van der Waals surface area contributed by atoms with Crippen molar-refractivity contribution in [1.29, 1.82) is 0 Å². The van der Waals surface area contributed by atoms with E-state index in [4.69, 9.17) is 4.74 Å². The Morgan fingerprint density at radius 1 is 1.00 bits per heavy atom. The number of aliphatic hydroxyl groups excluding tert-OH is 1. The summed E-state index contributed by atoms with van der Waals surface area (Å²) in [4.78, 5) is 0. The van der Waals surface area contributed by atoms with Crippen molar-refractivity contribution in [3.8, 4) is 0 Å². The highest BCUT2D eigenvalue weighted by Gasteiger charge is 2.36. The first kappa shape index (κ1) is 15.3. The van der Waals surface area contributed by atoms with E-state index in [0.717, 1.165) is 5.92 Å². The molecule has 0 saturated heterocycles. The highest BCUT2D eigenvalue weighted by atomic mass is 16.5. The lowest BCUT2D eigenvalue weighted by atomic mass is 9.73. The molecule has 2 nitrogen and oxygen atoms in total. The molecule has 0 aromatic rings. The molecule has 2 heteroatoms. The zero-order valence-corrected chi connectivity index (χ0v) is 12.8. The number of hydrogen-bond acceptors (Lipinski definition) is 2. The molecule has 4 atom stereocenters. The monoisotopic (exact) mass is 268 g/mol. The summed E-state index contributed by atoms with van der Waals surface area (Å²) in [6, 6.07) is 0. The third-order valence-corrected chi connectivity index (χ3v) is 5.61. The van der Waals surface area contributed by atoms with E-state index in [-0.39, 0.29) is 12.2 Å². The van der Waals surface area contributed by atoms with E-state index >= 15 is 0 Å². The van der Waals surface area contributed by atoms with Crippen molar-refractivity contribution in [2.75, 3.05) is 7.11 Å². The largest absolute Gasteiger partial charge is 0.390 e. The molecular weight excluding hydrogens is 236 g/mol. The van der Waals surface area contributed by atoms with Gasteiger partial charge in [0.05, 0.1) is 12.2 Å². The molecule has 2 aliphatic rings. The summed E-state index contributed by atoms with van der Waals surface area (Å²) in [5.41, 5.74) is 0.